The summed E-state index contributed by atoms with van der Waals surface area (Å²) in [4.78, 5) is 0. The molecule has 1 aliphatic carbocycles. The molecule has 1 aromatic carbocycles. The molecule has 1 atom stereocenters. The van der Waals surface area contributed by atoms with Crippen LogP contribution < -0.4 is 0 Å². The molecule has 2 aromatic rings. The normalized spacial score (nSPS) is 16.8. The van der Waals surface area contributed by atoms with E-state index in [4.69, 9.17) is 9.47 Å². The van der Waals surface area contributed by atoms with Gasteiger partial charge in [0, 0.05) is 25.7 Å². The largest absolute Gasteiger partial charge is 0.347 e. The Morgan fingerprint density at radius 3 is 2.71 bits per heavy atom. The minimum absolute atomic E-state index is 0.414. The Hall–Kier alpha value is -1.72. The van der Waals surface area contributed by atoms with Crippen LogP contribution in [0.15, 0.2) is 30.5 Å². The highest BCUT2D eigenvalue weighted by Gasteiger charge is 2.26. The van der Waals surface area contributed by atoms with Crippen LogP contribution in [0.2, 0.25) is 0 Å². The van der Waals surface area contributed by atoms with E-state index in [2.05, 4.69) is 34.6 Å². The highest BCUT2D eigenvalue weighted by atomic mass is 16.7. The van der Waals surface area contributed by atoms with E-state index in [1.165, 1.54) is 11.1 Å². The third-order valence-electron chi connectivity index (χ3n) is 3.80. The Morgan fingerprint density at radius 2 is 2.00 bits per heavy atom. The lowest BCUT2D eigenvalue weighted by molar-refractivity contribution is -0.142. The Labute approximate surface area is 124 Å². The summed E-state index contributed by atoms with van der Waals surface area (Å²) in [5.41, 5.74) is 3.62. The first-order chi connectivity index (χ1) is 10.3. The molecule has 1 unspecified atom stereocenters. The second kappa shape index (κ2) is 6.37. The van der Waals surface area contributed by atoms with Crippen molar-refractivity contribution in [2.45, 2.75) is 39.0 Å². The van der Waals surface area contributed by atoms with Crippen molar-refractivity contribution in [2.75, 3.05) is 13.2 Å². The van der Waals surface area contributed by atoms with Crippen LogP contribution in [0.5, 0.6) is 0 Å². The summed E-state index contributed by atoms with van der Waals surface area (Å²) in [5.74, 6) is 0.536. The van der Waals surface area contributed by atoms with Crippen LogP contribution in [0, 0.1) is 0 Å². The maximum Gasteiger partial charge on any atom is 0.204 e. The van der Waals surface area contributed by atoms with Gasteiger partial charge in [-0.3, -0.25) is 4.68 Å². The molecule has 112 valence electrons. The summed E-state index contributed by atoms with van der Waals surface area (Å²) in [7, 11) is 0. The van der Waals surface area contributed by atoms with Crippen molar-refractivity contribution in [3.05, 3.63) is 47.3 Å². The summed E-state index contributed by atoms with van der Waals surface area (Å²) in [6.45, 7) is 5.93. The zero-order chi connectivity index (χ0) is 14.7. The van der Waals surface area contributed by atoms with E-state index in [-0.39, 0.29) is 0 Å². The first-order valence-corrected chi connectivity index (χ1v) is 7.52. The summed E-state index contributed by atoms with van der Waals surface area (Å²) in [5, 5.41) is 8.39. The molecule has 0 N–H and O–H groups in total. The molecule has 0 radical (unpaired) electrons. The van der Waals surface area contributed by atoms with Crippen LogP contribution >= 0.6 is 0 Å². The van der Waals surface area contributed by atoms with Crippen molar-refractivity contribution in [1.29, 1.82) is 0 Å². The quantitative estimate of drug-likeness (QED) is 0.735. The van der Waals surface area contributed by atoms with Gasteiger partial charge in [0.1, 0.15) is 5.69 Å². The number of rotatable bonds is 7. The van der Waals surface area contributed by atoms with Gasteiger partial charge >= 0.3 is 0 Å². The molecule has 0 saturated heterocycles. The zero-order valence-electron chi connectivity index (χ0n) is 12.5. The smallest absolute Gasteiger partial charge is 0.204 e. The zero-order valence-corrected chi connectivity index (χ0v) is 12.5. The second-order valence-electron chi connectivity index (χ2n) is 5.21. The van der Waals surface area contributed by atoms with Crippen molar-refractivity contribution in [2.24, 2.45) is 0 Å². The molecule has 1 aromatic heterocycles. The predicted octanol–water partition coefficient (Wildman–Crippen LogP) is 2.69. The average molecular weight is 287 g/mol. The monoisotopic (exact) mass is 287 g/mol. The van der Waals surface area contributed by atoms with E-state index in [0.717, 1.165) is 18.7 Å². The van der Waals surface area contributed by atoms with E-state index in [1.54, 1.807) is 0 Å². The van der Waals surface area contributed by atoms with Gasteiger partial charge in [0.25, 0.3) is 0 Å². The Bertz CT molecular complexity index is 591. The molecule has 21 heavy (non-hydrogen) atoms. The molecule has 3 rings (SSSR count). The van der Waals surface area contributed by atoms with Gasteiger partial charge < -0.3 is 9.47 Å². The highest BCUT2D eigenvalue weighted by molar-refractivity contribution is 5.39. The molecule has 1 heterocycles. The second-order valence-corrected chi connectivity index (χ2v) is 5.21. The fourth-order valence-electron chi connectivity index (χ4n) is 2.78. The SMILES string of the molecule is CCOC(OCC)c1cn(CC2Cc3ccccc32)nn1. The maximum atomic E-state index is 5.55. The molecule has 1 aliphatic rings. The highest BCUT2D eigenvalue weighted by Crippen LogP contribution is 2.35. The molecular formula is C16H21N3O2. The molecule has 0 amide bonds. The third kappa shape index (κ3) is 2.99. The molecule has 0 fully saturated rings. The molecule has 0 spiro atoms. The minimum Gasteiger partial charge on any atom is -0.347 e. The van der Waals surface area contributed by atoms with Crippen LogP contribution in [-0.2, 0) is 22.4 Å². The molecule has 0 saturated carbocycles. The number of nitrogens with zero attached hydrogens (tertiary/aromatic N) is 3. The summed E-state index contributed by atoms with van der Waals surface area (Å²) >= 11 is 0. The van der Waals surface area contributed by atoms with E-state index in [1.807, 2.05) is 24.7 Å². The summed E-state index contributed by atoms with van der Waals surface area (Å²) in [6.07, 6.45) is 2.63. The number of benzene rings is 1. The van der Waals surface area contributed by atoms with Gasteiger partial charge in [-0.15, -0.1) is 5.10 Å². The Kier molecular flexibility index (Phi) is 4.31. The van der Waals surface area contributed by atoms with Gasteiger partial charge in [-0.2, -0.15) is 0 Å². The standard InChI is InChI=1S/C16H21N3O2/c1-3-20-16(21-4-2)15-11-19(18-17-15)10-13-9-12-7-5-6-8-14(12)13/h5-8,11,13,16H,3-4,9-10H2,1-2H3. The number of ether oxygens (including phenoxy) is 2. The van der Waals surface area contributed by atoms with Crippen molar-refractivity contribution in [1.82, 2.24) is 15.0 Å². The molecule has 0 aliphatic heterocycles. The number of hydrogen-bond acceptors (Lipinski definition) is 4. The number of hydrogen-bond donors (Lipinski definition) is 0. The van der Waals surface area contributed by atoms with Crippen molar-refractivity contribution in [3.8, 4) is 0 Å². The number of fused-ring (bicyclic) bond motifs is 1. The lowest BCUT2D eigenvalue weighted by Gasteiger charge is -2.29. The summed E-state index contributed by atoms with van der Waals surface area (Å²) < 4.78 is 13.0. The number of aromatic nitrogens is 3. The van der Waals surface area contributed by atoms with Crippen LogP contribution in [0.1, 0.15) is 42.9 Å². The summed E-state index contributed by atoms with van der Waals surface area (Å²) in [6, 6.07) is 8.58. The van der Waals surface area contributed by atoms with Crippen LogP contribution in [0.4, 0.5) is 0 Å². The minimum atomic E-state index is -0.414. The van der Waals surface area contributed by atoms with Gasteiger partial charge in [0.05, 0.1) is 6.20 Å². The first-order valence-electron chi connectivity index (χ1n) is 7.52. The van der Waals surface area contributed by atoms with Gasteiger partial charge in [-0.05, 0) is 31.4 Å². The Balaban J connectivity index is 1.66. The fraction of sp³-hybridized carbons (Fsp3) is 0.500. The first kappa shape index (κ1) is 14.2. The maximum absolute atomic E-state index is 5.55. The van der Waals surface area contributed by atoms with Crippen LogP contribution in [-0.4, -0.2) is 28.2 Å². The van der Waals surface area contributed by atoms with Gasteiger partial charge in [-0.1, -0.05) is 29.5 Å². The molecule has 5 nitrogen and oxygen atoms in total. The Morgan fingerprint density at radius 1 is 1.24 bits per heavy atom. The van der Waals surface area contributed by atoms with Crippen molar-refractivity contribution < 1.29 is 9.47 Å². The van der Waals surface area contributed by atoms with Crippen LogP contribution in [0.3, 0.4) is 0 Å². The van der Waals surface area contributed by atoms with E-state index < -0.39 is 6.29 Å². The van der Waals surface area contributed by atoms with E-state index in [0.29, 0.717) is 19.1 Å². The van der Waals surface area contributed by atoms with Gasteiger partial charge in [0.2, 0.25) is 6.29 Å². The van der Waals surface area contributed by atoms with E-state index in [9.17, 15) is 0 Å². The topological polar surface area (TPSA) is 49.2 Å². The molecular weight excluding hydrogens is 266 g/mol. The lowest BCUT2D eigenvalue weighted by Crippen LogP contribution is -2.22. The van der Waals surface area contributed by atoms with Gasteiger partial charge in [-0.25, -0.2) is 0 Å². The van der Waals surface area contributed by atoms with Crippen molar-refractivity contribution in [3.63, 3.8) is 0 Å². The van der Waals surface area contributed by atoms with Gasteiger partial charge in [0.15, 0.2) is 0 Å². The molecule has 0 bridgehead atoms. The van der Waals surface area contributed by atoms with E-state index >= 15 is 0 Å². The average Bonchev–Trinajstić information content (AvgIpc) is 2.93. The molecule has 5 heteroatoms. The lowest BCUT2D eigenvalue weighted by atomic mass is 9.78. The van der Waals surface area contributed by atoms with Crippen molar-refractivity contribution >= 4 is 0 Å². The fourth-order valence-corrected chi connectivity index (χ4v) is 2.78. The van der Waals surface area contributed by atoms with Crippen LogP contribution in [0.25, 0.3) is 0 Å². The predicted molar refractivity (Wildman–Crippen MR) is 78.9 cm³/mol. The third-order valence-corrected chi connectivity index (χ3v) is 3.80.